The van der Waals surface area contributed by atoms with E-state index in [2.05, 4.69) is 15.2 Å². The SMILES string of the molecule is CC[C@@H](C)C(=O)N[C@@H]1C(=O)N2c3c(ccc[n+]3C1C)C[C@H]2CNC(=O)N(C)C.Cl. The lowest BCUT2D eigenvalue weighted by atomic mass is 10.0. The highest BCUT2D eigenvalue weighted by molar-refractivity contribution is 6.01. The van der Waals surface area contributed by atoms with Crippen molar-refractivity contribution in [3.05, 3.63) is 23.9 Å². The summed E-state index contributed by atoms with van der Waals surface area (Å²) in [6.45, 7) is 6.13. The van der Waals surface area contributed by atoms with Crippen LogP contribution in [0.1, 0.15) is 38.8 Å². The molecular weight excluding hydrogens is 394 g/mol. The molecule has 160 valence electrons. The van der Waals surface area contributed by atoms with Gasteiger partial charge in [0.15, 0.2) is 6.04 Å². The number of carbonyl (C=O) groups excluding carboxylic acids is 3. The lowest BCUT2D eigenvalue weighted by Crippen LogP contribution is -2.67. The van der Waals surface area contributed by atoms with Crippen LogP contribution in [0.4, 0.5) is 10.6 Å². The van der Waals surface area contributed by atoms with Crippen molar-refractivity contribution in [3.63, 3.8) is 0 Å². The van der Waals surface area contributed by atoms with Gasteiger partial charge in [-0.1, -0.05) is 13.8 Å². The molecule has 8 nitrogen and oxygen atoms in total. The molecule has 0 bridgehead atoms. The van der Waals surface area contributed by atoms with Gasteiger partial charge in [-0.25, -0.2) is 14.2 Å². The summed E-state index contributed by atoms with van der Waals surface area (Å²) in [6.07, 6.45) is 3.35. The highest BCUT2D eigenvalue weighted by Gasteiger charge is 2.53. The van der Waals surface area contributed by atoms with Gasteiger partial charge < -0.3 is 15.5 Å². The van der Waals surface area contributed by atoms with E-state index >= 15 is 0 Å². The Morgan fingerprint density at radius 2 is 2.07 bits per heavy atom. The molecule has 1 aromatic heterocycles. The molecule has 1 unspecified atom stereocenters. The number of amides is 4. The predicted molar refractivity (Wildman–Crippen MR) is 112 cm³/mol. The first-order valence-corrected chi connectivity index (χ1v) is 9.87. The van der Waals surface area contributed by atoms with E-state index in [1.807, 2.05) is 39.1 Å². The van der Waals surface area contributed by atoms with E-state index in [-0.39, 0.29) is 48.3 Å². The summed E-state index contributed by atoms with van der Waals surface area (Å²) in [7, 11) is 3.36. The van der Waals surface area contributed by atoms with Crippen LogP contribution in [0.2, 0.25) is 0 Å². The van der Waals surface area contributed by atoms with E-state index < -0.39 is 6.04 Å². The Bertz CT molecular complexity index is 800. The van der Waals surface area contributed by atoms with Crippen molar-refractivity contribution in [2.75, 3.05) is 25.5 Å². The molecule has 0 saturated carbocycles. The molecule has 2 N–H and O–H groups in total. The molecule has 0 saturated heterocycles. The van der Waals surface area contributed by atoms with Crippen molar-refractivity contribution in [1.29, 1.82) is 0 Å². The second kappa shape index (κ2) is 8.98. The van der Waals surface area contributed by atoms with Gasteiger partial charge in [0.1, 0.15) is 12.1 Å². The van der Waals surface area contributed by atoms with Gasteiger partial charge in [-0.15, -0.1) is 12.4 Å². The van der Waals surface area contributed by atoms with Crippen LogP contribution in [0.3, 0.4) is 0 Å². The van der Waals surface area contributed by atoms with Crippen molar-refractivity contribution < 1.29 is 19.0 Å². The number of nitrogens with one attached hydrogen (secondary N) is 2. The molecule has 9 heteroatoms. The number of aromatic nitrogens is 1. The first-order valence-electron chi connectivity index (χ1n) is 9.87. The Kier molecular flexibility index (Phi) is 7.11. The summed E-state index contributed by atoms with van der Waals surface area (Å²) < 4.78 is 2.06. The molecule has 0 aromatic carbocycles. The first-order chi connectivity index (χ1) is 13.3. The minimum Gasteiger partial charge on any atom is -0.339 e. The molecule has 0 aliphatic carbocycles. The third-order valence-electron chi connectivity index (χ3n) is 5.80. The minimum atomic E-state index is -0.626. The van der Waals surface area contributed by atoms with Crippen molar-refractivity contribution in [2.24, 2.45) is 5.92 Å². The summed E-state index contributed by atoms with van der Waals surface area (Å²) >= 11 is 0. The summed E-state index contributed by atoms with van der Waals surface area (Å²) in [6, 6.07) is 2.82. The van der Waals surface area contributed by atoms with Gasteiger partial charge in [-0.3, -0.25) is 4.79 Å². The largest absolute Gasteiger partial charge is 0.339 e. The van der Waals surface area contributed by atoms with Crippen LogP contribution < -0.4 is 20.1 Å². The predicted octanol–water partition coefficient (Wildman–Crippen LogP) is 1.03. The molecule has 3 rings (SSSR count). The molecule has 4 atom stereocenters. The second-order valence-corrected chi connectivity index (χ2v) is 7.95. The maximum absolute atomic E-state index is 13.4. The summed E-state index contributed by atoms with van der Waals surface area (Å²) in [5, 5.41) is 5.83. The van der Waals surface area contributed by atoms with Crippen molar-refractivity contribution in [3.8, 4) is 0 Å². The number of anilines is 1. The van der Waals surface area contributed by atoms with Crippen molar-refractivity contribution in [2.45, 2.75) is 51.7 Å². The lowest BCUT2D eigenvalue weighted by Gasteiger charge is -2.33. The molecule has 2 aliphatic heterocycles. The fraction of sp³-hybridized carbons (Fsp3) is 0.600. The topological polar surface area (TPSA) is 85.6 Å². The van der Waals surface area contributed by atoms with Gasteiger partial charge in [0, 0.05) is 32.0 Å². The second-order valence-electron chi connectivity index (χ2n) is 7.95. The van der Waals surface area contributed by atoms with Gasteiger partial charge in [-0.05, 0) is 25.5 Å². The summed E-state index contributed by atoms with van der Waals surface area (Å²) in [5.41, 5.74) is 1.08. The molecule has 2 aliphatic rings. The Labute approximate surface area is 178 Å². The minimum absolute atomic E-state index is 0. The molecule has 1 aromatic rings. The maximum Gasteiger partial charge on any atom is 0.336 e. The van der Waals surface area contributed by atoms with Gasteiger partial charge in [0.25, 0.3) is 5.82 Å². The van der Waals surface area contributed by atoms with Crippen LogP contribution in [-0.2, 0) is 16.0 Å². The molecular formula is C20H31ClN5O3+. The smallest absolute Gasteiger partial charge is 0.336 e. The highest BCUT2D eigenvalue weighted by Crippen LogP contribution is 2.34. The molecule has 0 spiro atoms. The zero-order chi connectivity index (χ0) is 20.6. The number of pyridine rings is 1. The normalized spacial score (nSPS) is 23.0. The van der Waals surface area contributed by atoms with E-state index in [9.17, 15) is 14.4 Å². The van der Waals surface area contributed by atoms with Gasteiger partial charge in [-0.2, -0.15) is 4.90 Å². The highest BCUT2D eigenvalue weighted by atomic mass is 35.5. The summed E-state index contributed by atoms with van der Waals surface area (Å²) in [5.74, 6) is 0.507. The fourth-order valence-corrected chi connectivity index (χ4v) is 3.84. The molecule has 0 radical (unpaired) electrons. The fourth-order valence-electron chi connectivity index (χ4n) is 3.84. The van der Waals surface area contributed by atoms with E-state index in [4.69, 9.17) is 0 Å². The standard InChI is InChI=1S/C20H29N5O3.ClH/c1-6-12(2)17(26)22-16-13(3)24-9-7-8-14-10-15(11-21-20(28)23(4)5)25(18(14)24)19(16)27;/h7-9,12-13,15-16H,6,10-11H2,1-5H3,(H-,21,22,26,28);1H/p+1/t12-,13?,15+,16+;/m1./s1. The molecule has 4 amide bonds. The third-order valence-corrected chi connectivity index (χ3v) is 5.80. The van der Waals surface area contributed by atoms with Crippen molar-refractivity contribution in [1.82, 2.24) is 15.5 Å². The number of hydrogen-bond donors (Lipinski definition) is 2. The zero-order valence-corrected chi connectivity index (χ0v) is 18.5. The van der Waals surface area contributed by atoms with Gasteiger partial charge in [0.2, 0.25) is 5.91 Å². The Morgan fingerprint density at radius 3 is 2.69 bits per heavy atom. The number of hydrogen-bond acceptors (Lipinski definition) is 3. The molecule has 29 heavy (non-hydrogen) atoms. The molecule has 3 heterocycles. The number of rotatable bonds is 5. The number of carbonyl (C=O) groups is 3. The average molecular weight is 425 g/mol. The van der Waals surface area contributed by atoms with Crippen LogP contribution in [0, 0.1) is 5.92 Å². The molecule has 0 fully saturated rings. The van der Waals surface area contributed by atoms with E-state index in [0.29, 0.717) is 13.0 Å². The van der Waals surface area contributed by atoms with Gasteiger partial charge in [0.05, 0.1) is 12.7 Å². The number of nitrogens with zero attached hydrogens (tertiary/aromatic N) is 3. The van der Waals surface area contributed by atoms with Crippen LogP contribution in [-0.4, -0.2) is 55.5 Å². The lowest BCUT2D eigenvalue weighted by molar-refractivity contribution is -0.711. The van der Waals surface area contributed by atoms with E-state index in [1.165, 1.54) is 4.90 Å². The Hall–Kier alpha value is -2.35. The van der Waals surface area contributed by atoms with E-state index in [0.717, 1.165) is 17.8 Å². The Balaban J connectivity index is 0.00000300. The zero-order valence-electron chi connectivity index (χ0n) is 17.6. The average Bonchev–Trinajstić information content (AvgIpc) is 3.05. The van der Waals surface area contributed by atoms with Gasteiger partial charge >= 0.3 is 11.9 Å². The summed E-state index contributed by atoms with van der Waals surface area (Å²) in [4.78, 5) is 41.0. The first kappa shape index (κ1) is 22.9. The van der Waals surface area contributed by atoms with E-state index in [1.54, 1.807) is 19.0 Å². The van der Waals surface area contributed by atoms with Crippen LogP contribution in [0.5, 0.6) is 0 Å². The van der Waals surface area contributed by atoms with Crippen molar-refractivity contribution >= 4 is 36.1 Å². The Morgan fingerprint density at radius 1 is 1.38 bits per heavy atom. The quantitative estimate of drug-likeness (QED) is 0.692. The maximum atomic E-state index is 13.4. The third kappa shape index (κ3) is 4.17. The number of halogens is 1. The monoisotopic (exact) mass is 424 g/mol. The van der Waals surface area contributed by atoms with Crippen LogP contribution in [0.15, 0.2) is 18.3 Å². The van der Waals surface area contributed by atoms with Crippen LogP contribution in [0.25, 0.3) is 0 Å². The van der Waals surface area contributed by atoms with Crippen LogP contribution >= 0.6 is 12.4 Å². The number of urea groups is 1.